The fraction of sp³-hybridized carbons (Fsp3) is 0.300. The van der Waals surface area contributed by atoms with Crippen molar-refractivity contribution in [2.45, 2.75) is 13.5 Å². The largest absolute Gasteiger partial charge is 0.455 e. The Hall–Kier alpha value is -1.21. The van der Waals surface area contributed by atoms with Crippen LogP contribution in [0.3, 0.4) is 0 Å². The summed E-state index contributed by atoms with van der Waals surface area (Å²) in [5, 5.41) is 4.05. The highest BCUT2D eigenvalue weighted by molar-refractivity contribution is 9.11. The van der Waals surface area contributed by atoms with Crippen molar-refractivity contribution in [2.24, 2.45) is 7.05 Å². The van der Waals surface area contributed by atoms with Gasteiger partial charge in [0.05, 0.1) is 4.88 Å². The summed E-state index contributed by atoms with van der Waals surface area (Å²) in [6.45, 7) is 2.10. The predicted octanol–water partition coefficient (Wildman–Crippen LogP) is 2.30. The highest BCUT2D eigenvalue weighted by Gasteiger charge is 2.13. The lowest BCUT2D eigenvalue weighted by Gasteiger charge is -1.99. The van der Waals surface area contributed by atoms with Crippen molar-refractivity contribution in [1.29, 1.82) is 0 Å². The Labute approximate surface area is 111 Å². The molecular weight excluding hydrogens is 306 g/mol. The summed E-state index contributed by atoms with van der Waals surface area (Å²) >= 11 is 4.68. The number of hydrogen-bond donors (Lipinski definition) is 0. The number of halogens is 1. The first-order valence-corrected chi connectivity index (χ1v) is 6.45. The second-order valence-electron chi connectivity index (χ2n) is 3.45. The van der Waals surface area contributed by atoms with Crippen molar-refractivity contribution in [2.75, 3.05) is 0 Å². The van der Waals surface area contributed by atoms with Crippen LogP contribution in [0.2, 0.25) is 0 Å². The summed E-state index contributed by atoms with van der Waals surface area (Å²) in [5.41, 5.74) is 1.24. The summed E-state index contributed by atoms with van der Waals surface area (Å²) < 4.78 is 7.54. The number of hydrogen-bond acceptors (Lipinski definition) is 5. The first-order chi connectivity index (χ1) is 8.06. The standard InChI is InChI=1S/C10H10BrN3O2S/c1-6-3-8(13-14(6)2)9(15)16-5-7-4-12-10(11)17-7/h3-4H,5H2,1-2H3. The van der Waals surface area contributed by atoms with E-state index in [0.717, 1.165) is 14.5 Å². The Bertz CT molecular complexity index is 530. The zero-order valence-electron chi connectivity index (χ0n) is 9.31. The van der Waals surface area contributed by atoms with Crippen molar-refractivity contribution in [1.82, 2.24) is 14.8 Å². The van der Waals surface area contributed by atoms with Gasteiger partial charge in [-0.2, -0.15) is 5.10 Å². The van der Waals surface area contributed by atoms with Gasteiger partial charge in [-0.3, -0.25) is 4.68 Å². The molecule has 2 rings (SSSR count). The summed E-state index contributed by atoms with van der Waals surface area (Å²) in [5.74, 6) is -0.418. The van der Waals surface area contributed by atoms with E-state index >= 15 is 0 Å². The normalized spacial score (nSPS) is 10.5. The molecule has 2 aromatic rings. The van der Waals surface area contributed by atoms with Crippen LogP contribution < -0.4 is 0 Å². The Kier molecular flexibility index (Phi) is 3.58. The van der Waals surface area contributed by atoms with Crippen LogP contribution in [-0.2, 0) is 18.4 Å². The fourth-order valence-corrected chi connectivity index (χ4v) is 2.49. The van der Waals surface area contributed by atoms with Gasteiger partial charge in [0, 0.05) is 18.9 Å². The quantitative estimate of drug-likeness (QED) is 0.816. The van der Waals surface area contributed by atoms with E-state index in [4.69, 9.17) is 4.74 Å². The third kappa shape index (κ3) is 2.92. The van der Waals surface area contributed by atoms with Crippen LogP contribution in [0.4, 0.5) is 0 Å². The first-order valence-electron chi connectivity index (χ1n) is 4.84. The van der Waals surface area contributed by atoms with Gasteiger partial charge < -0.3 is 4.74 Å². The molecule has 0 saturated heterocycles. The van der Waals surface area contributed by atoms with E-state index in [1.54, 1.807) is 24.0 Å². The molecule has 17 heavy (non-hydrogen) atoms. The number of aromatic nitrogens is 3. The van der Waals surface area contributed by atoms with Gasteiger partial charge in [-0.05, 0) is 28.9 Å². The van der Waals surface area contributed by atoms with E-state index in [2.05, 4.69) is 26.0 Å². The zero-order valence-corrected chi connectivity index (χ0v) is 11.7. The Morgan fingerprint density at radius 3 is 2.94 bits per heavy atom. The van der Waals surface area contributed by atoms with Gasteiger partial charge in [0.2, 0.25) is 0 Å². The third-order valence-electron chi connectivity index (χ3n) is 2.19. The molecule has 7 heteroatoms. The first kappa shape index (κ1) is 12.3. The predicted molar refractivity (Wildman–Crippen MR) is 66.9 cm³/mol. The number of thiazole rings is 1. The SMILES string of the molecule is Cc1cc(C(=O)OCc2cnc(Br)s2)nn1C. The van der Waals surface area contributed by atoms with E-state index in [0.29, 0.717) is 5.69 Å². The van der Waals surface area contributed by atoms with Crippen LogP contribution in [0.5, 0.6) is 0 Å². The molecule has 0 aliphatic rings. The smallest absolute Gasteiger partial charge is 0.359 e. The maximum absolute atomic E-state index is 11.7. The van der Waals surface area contributed by atoms with Crippen molar-refractivity contribution >= 4 is 33.2 Å². The molecule has 0 radical (unpaired) electrons. The van der Waals surface area contributed by atoms with Crippen LogP contribution in [0.15, 0.2) is 16.2 Å². The van der Waals surface area contributed by atoms with E-state index in [1.807, 2.05) is 6.92 Å². The minimum atomic E-state index is -0.418. The molecule has 0 N–H and O–H groups in total. The molecule has 90 valence electrons. The van der Waals surface area contributed by atoms with Crippen LogP contribution >= 0.6 is 27.3 Å². The summed E-state index contributed by atoms with van der Waals surface area (Å²) in [7, 11) is 1.78. The van der Waals surface area contributed by atoms with Gasteiger partial charge in [0.1, 0.15) is 6.61 Å². The number of rotatable bonds is 3. The topological polar surface area (TPSA) is 57.0 Å². The zero-order chi connectivity index (χ0) is 12.4. The van der Waals surface area contributed by atoms with Crippen LogP contribution in [0.1, 0.15) is 21.1 Å². The number of nitrogens with zero attached hydrogens (tertiary/aromatic N) is 3. The maximum Gasteiger partial charge on any atom is 0.359 e. The molecule has 0 atom stereocenters. The van der Waals surface area contributed by atoms with Crippen molar-refractivity contribution < 1.29 is 9.53 Å². The second-order valence-corrected chi connectivity index (χ2v) is 5.84. The summed E-state index contributed by atoms with van der Waals surface area (Å²) in [6.07, 6.45) is 1.67. The number of carbonyl (C=O) groups excluding carboxylic acids is 1. The second kappa shape index (κ2) is 4.97. The molecule has 0 bridgehead atoms. The summed E-state index contributed by atoms with van der Waals surface area (Å²) in [6, 6.07) is 1.70. The average molecular weight is 316 g/mol. The van der Waals surface area contributed by atoms with Gasteiger partial charge in [-0.1, -0.05) is 0 Å². The number of aryl methyl sites for hydroxylation is 2. The molecule has 2 aromatic heterocycles. The van der Waals surface area contributed by atoms with Gasteiger partial charge in [0.15, 0.2) is 9.61 Å². The van der Waals surface area contributed by atoms with Gasteiger partial charge >= 0.3 is 5.97 Å². The van der Waals surface area contributed by atoms with Crippen molar-refractivity contribution in [3.05, 3.63) is 32.4 Å². The highest BCUT2D eigenvalue weighted by Crippen LogP contribution is 2.19. The molecule has 0 spiro atoms. The minimum Gasteiger partial charge on any atom is -0.455 e. The van der Waals surface area contributed by atoms with E-state index < -0.39 is 5.97 Å². The van der Waals surface area contributed by atoms with Crippen LogP contribution in [-0.4, -0.2) is 20.7 Å². The monoisotopic (exact) mass is 315 g/mol. The molecule has 2 heterocycles. The minimum absolute atomic E-state index is 0.220. The van der Waals surface area contributed by atoms with Gasteiger partial charge in [-0.25, -0.2) is 9.78 Å². The Morgan fingerprint density at radius 2 is 2.41 bits per heavy atom. The van der Waals surface area contributed by atoms with Crippen molar-refractivity contribution in [3.63, 3.8) is 0 Å². The van der Waals surface area contributed by atoms with Crippen LogP contribution in [0, 0.1) is 6.92 Å². The lowest BCUT2D eigenvalue weighted by atomic mass is 10.4. The maximum atomic E-state index is 11.7. The molecule has 0 saturated carbocycles. The third-order valence-corrected chi connectivity index (χ3v) is 3.64. The number of ether oxygens (including phenoxy) is 1. The fourth-order valence-electron chi connectivity index (χ4n) is 1.22. The molecule has 0 fully saturated rings. The molecule has 0 aromatic carbocycles. The molecule has 5 nitrogen and oxygen atoms in total. The lowest BCUT2D eigenvalue weighted by Crippen LogP contribution is -2.06. The van der Waals surface area contributed by atoms with Gasteiger partial charge in [0.25, 0.3) is 0 Å². The van der Waals surface area contributed by atoms with Crippen molar-refractivity contribution in [3.8, 4) is 0 Å². The average Bonchev–Trinajstić information content (AvgIpc) is 2.83. The van der Waals surface area contributed by atoms with E-state index in [9.17, 15) is 4.79 Å². The van der Waals surface area contributed by atoms with Crippen LogP contribution in [0.25, 0.3) is 0 Å². The van der Waals surface area contributed by atoms with E-state index in [1.165, 1.54) is 11.3 Å². The molecule has 0 unspecified atom stereocenters. The number of carbonyl (C=O) groups is 1. The molecular formula is C10H10BrN3O2S. The van der Waals surface area contributed by atoms with E-state index in [-0.39, 0.29) is 6.61 Å². The Morgan fingerprint density at radius 1 is 1.65 bits per heavy atom. The lowest BCUT2D eigenvalue weighted by molar-refractivity contribution is 0.0468. The number of esters is 1. The molecule has 0 aliphatic carbocycles. The van der Waals surface area contributed by atoms with Gasteiger partial charge in [-0.15, -0.1) is 11.3 Å². The summed E-state index contributed by atoms with van der Waals surface area (Å²) in [4.78, 5) is 16.6. The Balaban J connectivity index is 1.98. The molecule has 0 aliphatic heterocycles. The molecule has 0 amide bonds. The highest BCUT2D eigenvalue weighted by atomic mass is 79.9.